The average molecular weight is 457 g/mol. The molecule has 0 unspecified atom stereocenters. The first-order chi connectivity index (χ1) is 16.6. The highest BCUT2D eigenvalue weighted by Crippen LogP contribution is 2.44. The van der Waals surface area contributed by atoms with E-state index >= 15 is 0 Å². The Labute approximate surface area is 198 Å². The maximum absolute atomic E-state index is 12.1. The van der Waals surface area contributed by atoms with Gasteiger partial charge in [-0.15, -0.1) is 0 Å². The second-order valence-electron chi connectivity index (χ2n) is 8.79. The Hall–Kier alpha value is -3.80. The van der Waals surface area contributed by atoms with Crippen molar-refractivity contribution in [3.05, 3.63) is 77.6 Å². The third kappa shape index (κ3) is 4.36. The number of nitrogens with one attached hydrogen (secondary N) is 1. The summed E-state index contributed by atoms with van der Waals surface area (Å²) in [5.41, 5.74) is 5.03. The molecule has 2 aromatic heterocycles. The smallest absolute Gasteiger partial charge is 0.337 e. The number of phenolic OH excluding ortho intramolecular Hbond substituents is 1. The molecule has 6 nitrogen and oxygen atoms in total. The molecule has 0 aliphatic heterocycles. The van der Waals surface area contributed by atoms with Crippen molar-refractivity contribution >= 4 is 16.9 Å². The van der Waals surface area contributed by atoms with Crippen LogP contribution in [-0.4, -0.2) is 28.2 Å². The van der Waals surface area contributed by atoms with Crippen LogP contribution in [0.15, 0.2) is 60.8 Å². The number of carbonyl (C=O) groups is 1. The summed E-state index contributed by atoms with van der Waals surface area (Å²) in [7, 11) is 1.38. The van der Waals surface area contributed by atoms with Crippen molar-refractivity contribution in [2.24, 2.45) is 0 Å². The summed E-state index contributed by atoms with van der Waals surface area (Å²) in [6.07, 6.45) is 7.61. The maximum Gasteiger partial charge on any atom is 0.337 e. The summed E-state index contributed by atoms with van der Waals surface area (Å²) < 4.78 is 10.7. The van der Waals surface area contributed by atoms with Crippen LogP contribution >= 0.6 is 0 Å². The van der Waals surface area contributed by atoms with E-state index in [1.807, 2.05) is 48.5 Å². The van der Waals surface area contributed by atoms with E-state index in [2.05, 4.69) is 9.97 Å². The molecule has 4 aromatic rings. The van der Waals surface area contributed by atoms with Gasteiger partial charge in [-0.2, -0.15) is 0 Å². The predicted molar refractivity (Wildman–Crippen MR) is 131 cm³/mol. The number of nitrogens with zero attached hydrogens (tertiary/aromatic N) is 1. The normalized spacial score (nSPS) is 14.3. The second kappa shape index (κ2) is 9.59. The fourth-order valence-electron chi connectivity index (χ4n) is 4.95. The van der Waals surface area contributed by atoms with Gasteiger partial charge in [-0.3, -0.25) is 4.98 Å². The first-order valence-corrected chi connectivity index (χ1v) is 11.7. The molecule has 2 aromatic carbocycles. The Balaban J connectivity index is 1.52. The predicted octanol–water partition coefficient (Wildman–Crippen LogP) is 6.35. The Bertz CT molecular complexity index is 1310. The molecular weight excluding hydrogens is 428 g/mol. The lowest BCUT2D eigenvalue weighted by Crippen LogP contribution is -2.05. The van der Waals surface area contributed by atoms with E-state index in [9.17, 15) is 9.90 Å². The number of aromatic nitrogens is 2. The number of hydrogen-bond acceptors (Lipinski definition) is 5. The summed E-state index contributed by atoms with van der Waals surface area (Å²) in [4.78, 5) is 19.8. The van der Waals surface area contributed by atoms with Crippen molar-refractivity contribution in [2.45, 2.75) is 44.6 Å². The number of benzene rings is 2. The number of carbonyl (C=O) groups excluding carboxylic acids is 1. The molecule has 1 fully saturated rings. The van der Waals surface area contributed by atoms with Crippen molar-refractivity contribution in [3.63, 3.8) is 0 Å². The van der Waals surface area contributed by atoms with Gasteiger partial charge in [0.25, 0.3) is 0 Å². The molecule has 0 spiro atoms. The lowest BCUT2D eigenvalue weighted by Gasteiger charge is -2.23. The molecule has 34 heavy (non-hydrogen) atoms. The Morgan fingerprint density at radius 1 is 1.09 bits per heavy atom. The molecule has 0 atom stereocenters. The summed E-state index contributed by atoms with van der Waals surface area (Å²) in [5, 5.41) is 12.1. The maximum atomic E-state index is 12.1. The molecule has 5 rings (SSSR count). The van der Waals surface area contributed by atoms with Gasteiger partial charge in [-0.1, -0.05) is 31.4 Å². The van der Waals surface area contributed by atoms with Crippen LogP contribution in [0.2, 0.25) is 0 Å². The molecule has 1 aliphatic rings. The minimum Gasteiger partial charge on any atom is -0.507 e. The average Bonchev–Trinajstić information content (AvgIpc) is 3.26. The number of H-pyrrole nitrogens is 1. The molecule has 6 heteroatoms. The summed E-state index contributed by atoms with van der Waals surface area (Å²) in [6, 6.07) is 16.7. The minimum absolute atomic E-state index is 0.148. The highest BCUT2D eigenvalue weighted by Gasteiger charge is 2.25. The van der Waals surface area contributed by atoms with E-state index in [0.717, 1.165) is 40.7 Å². The van der Waals surface area contributed by atoms with Crippen LogP contribution in [0, 0.1) is 0 Å². The first-order valence-electron chi connectivity index (χ1n) is 11.7. The van der Waals surface area contributed by atoms with Gasteiger partial charge in [0.2, 0.25) is 0 Å². The zero-order chi connectivity index (χ0) is 23.5. The number of methoxy groups -OCH3 is 1. The van der Waals surface area contributed by atoms with E-state index in [1.165, 1.54) is 31.9 Å². The van der Waals surface area contributed by atoms with Crippen LogP contribution in [0.3, 0.4) is 0 Å². The van der Waals surface area contributed by atoms with E-state index < -0.39 is 0 Å². The summed E-state index contributed by atoms with van der Waals surface area (Å²) >= 11 is 0. The zero-order valence-corrected chi connectivity index (χ0v) is 19.2. The van der Waals surface area contributed by atoms with Crippen LogP contribution in [0.25, 0.3) is 22.2 Å². The first kappa shape index (κ1) is 22.0. The van der Waals surface area contributed by atoms with E-state index in [-0.39, 0.29) is 11.7 Å². The van der Waals surface area contributed by atoms with Crippen molar-refractivity contribution in [1.29, 1.82) is 0 Å². The number of fused-ring (bicyclic) bond motifs is 1. The van der Waals surface area contributed by atoms with Gasteiger partial charge in [0.05, 0.1) is 24.1 Å². The number of phenols is 1. The van der Waals surface area contributed by atoms with Gasteiger partial charge in [0, 0.05) is 28.7 Å². The molecule has 0 saturated heterocycles. The molecule has 1 aliphatic carbocycles. The van der Waals surface area contributed by atoms with E-state index in [0.29, 0.717) is 23.8 Å². The largest absolute Gasteiger partial charge is 0.507 e. The number of hydrogen-bond donors (Lipinski definition) is 2. The number of esters is 1. The Kier molecular flexibility index (Phi) is 6.21. The zero-order valence-electron chi connectivity index (χ0n) is 19.2. The van der Waals surface area contributed by atoms with Gasteiger partial charge in [-0.25, -0.2) is 4.79 Å². The van der Waals surface area contributed by atoms with Gasteiger partial charge in [0.15, 0.2) is 0 Å². The van der Waals surface area contributed by atoms with Gasteiger partial charge in [-0.05, 0) is 60.7 Å². The van der Waals surface area contributed by atoms with Crippen LogP contribution in [0.4, 0.5) is 0 Å². The third-order valence-electron chi connectivity index (χ3n) is 6.62. The molecule has 174 valence electrons. The van der Waals surface area contributed by atoms with Crippen LogP contribution in [-0.2, 0) is 11.3 Å². The molecule has 2 heterocycles. The highest BCUT2D eigenvalue weighted by atomic mass is 16.5. The topological polar surface area (TPSA) is 84.4 Å². The third-order valence-corrected chi connectivity index (χ3v) is 6.62. The van der Waals surface area contributed by atoms with Crippen LogP contribution < -0.4 is 4.74 Å². The number of pyridine rings is 1. The van der Waals surface area contributed by atoms with Gasteiger partial charge < -0.3 is 19.6 Å². The lowest BCUT2D eigenvalue weighted by molar-refractivity contribution is 0.0601. The molecule has 0 radical (unpaired) electrons. The minimum atomic E-state index is -0.366. The van der Waals surface area contributed by atoms with Crippen molar-refractivity contribution in [1.82, 2.24) is 9.97 Å². The fourth-order valence-corrected chi connectivity index (χ4v) is 4.95. The molecule has 1 saturated carbocycles. The standard InChI is InChI=1S/C28H28N2O4/c1-33-28(32)19-10-12-22-24(15-19)30-27(26(22)18-7-3-2-4-8-18)23-13-11-21(16-25(23)31)34-17-20-9-5-6-14-29-20/h5-6,9-16,18,30-31H,2-4,7-8,17H2,1H3. The molecule has 2 N–H and O–H groups in total. The fraction of sp³-hybridized carbons (Fsp3) is 0.286. The number of ether oxygens (including phenoxy) is 2. The SMILES string of the molecule is COC(=O)c1ccc2c(C3CCCCC3)c(-c3ccc(OCc4ccccn4)cc3O)[nH]c2c1. The van der Waals surface area contributed by atoms with E-state index in [1.54, 1.807) is 12.3 Å². The lowest BCUT2D eigenvalue weighted by atomic mass is 9.81. The summed E-state index contributed by atoms with van der Waals surface area (Å²) in [5.74, 6) is 0.765. The van der Waals surface area contributed by atoms with Crippen molar-refractivity contribution in [2.75, 3.05) is 7.11 Å². The monoisotopic (exact) mass is 456 g/mol. The van der Waals surface area contributed by atoms with Crippen LogP contribution in [0.5, 0.6) is 11.5 Å². The molecular formula is C28H28N2O4. The molecule has 0 amide bonds. The summed E-state index contributed by atoms with van der Waals surface area (Å²) in [6.45, 7) is 0.329. The van der Waals surface area contributed by atoms with Crippen molar-refractivity contribution in [3.8, 4) is 22.8 Å². The number of rotatable bonds is 6. The van der Waals surface area contributed by atoms with Crippen LogP contribution in [0.1, 0.15) is 59.6 Å². The van der Waals surface area contributed by atoms with Crippen molar-refractivity contribution < 1.29 is 19.4 Å². The highest BCUT2D eigenvalue weighted by molar-refractivity contribution is 5.98. The Morgan fingerprint density at radius 2 is 1.94 bits per heavy atom. The Morgan fingerprint density at radius 3 is 2.68 bits per heavy atom. The number of aromatic hydroxyl groups is 1. The van der Waals surface area contributed by atoms with Gasteiger partial charge in [0.1, 0.15) is 18.1 Å². The van der Waals surface area contributed by atoms with Gasteiger partial charge >= 0.3 is 5.97 Å². The quantitative estimate of drug-likeness (QED) is 0.330. The number of aromatic amines is 1. The molecule has 0 bridgehead atoms. The van der Waals surface area contributed by atoms with E-state index in [4.69, 9.17) is 9.47 Å². The second-order valence-corrected chi connectivity index (χ2v) is 8.79.